The number of nitrogens with one attached hydrogen (secondary N) is 1. The number of hydrogen-bond acceptors (Lipinski definition) is 3. The summed E-state index contributed by atoms with van der Waals surface area (Å²) in [5.74, 6) is -0.181. The van der Waals surface area contributed by atoms with Gasteiger partial charge in [-0.05, 0) is 31.2 Å². The highest BCUT2D eigenvalue weighted by atomic mass is 35.5. The fourth-order valence-electron chi connectivity index (χ4n) is 1.96. The first-order valence-corrected chi connectivity index (χ1v) is 8.29. The molecule has 25 heavy (non-hydrogen) atoms. The minimum atomic E-state index is -0.329. The monoisotopic (exact) mass is 380 g/mol. The Labute approximate surface area is 156 Å². The van der Waals surface area contributed by atoms with Crippen LogP contribution in [0.1, 0.15) is 5.56 Å². The molecule has 0 atom stereocenters. The molecule has 0 heterocycles. The molecule has 7 heteroatoms. The average Bonchev–Trinajstić information content (AvgIpc) is 2.57. The number of likely N-dealkylation sites (N-methyl/N-ethyl adjacent to an activating group) is 1. The Morgan fingerprint density at radius 1 is 1.08 bits per heavy atom. The van der Waals surface area contributed by atoms with Crippen molar-refractivity contribution >= 4 is 40.7 Å². The maximum Gasteiger partial charge on any atom is 0.260 e. The van der Waals surface area contributed by atoms with Crippen molar-refractivity contribution in [2.45, 2.75) is 6.92 Å². The van der Waals surface area contributed by atoms with Crippen LogP contribution in [-0.2, 0) is 9.59 Å². The van der Waals surface area contributed by atoms with E-state index in [4.69, 9.17) is 27.9 Å². The van der Waals surface area contributed by atoms with E-state index >= 15 is 0 Å². The second-order valence-electron chi connectivity index (χ2n) is 5.53. The Balaban J connectivity index is 1.81. The third kappa shape index (κ3) is 5.96. The number of carbonyl (C=O) groups is 2. The molecular formula is C18H18Cl2N2O3. The third-order valence-corrected chi connectivity index (χ3v) is 4.13. The molecular weight excluding hydrogens is 363 g/mol. The summed E-state index contributed by atoms with van der Waals surface area (Å²) in [7, 11) is 1.54. The summed E-state index contributed by atoms with van der Waals surface area (Å²) in [5, 5.41) is 3.49. The number of anilines is 1. The standard InChI is InChI=1S/C18H18Cl2N2O3/c1-12-3-5-13(6-4-12)21-17(23)10-22(2)18(24)11-25-14-7-8-15(19)16(20)9-14/h3-9H,10-11H2,1-2H3,(H,21,23). The van der Waals surface area contributed by atoms with E-state index in [0.29, 0.717) is 21.5 Å². The number of aryl methyl sites for hydroxylation is 1. The van der Waals surface area contributed by atoms with Gasteiger partial charge in [0.2, 0.25) is 5.91 Å². The summed E-state index contributed by atoms with van der Waals surface area (Å²) in [6, 6.07) is 12.1. The van der Waals surface area contributed by atoms with E-state index in [9.17, 15) is 9.59 Å². The topological polar surface area (TPSA) is 58.6 Å². The highest BCUT2D eigenvalue weighted by Gasteiger charge is 2.14. The quantitative estimate of drug-likeness (QED) is 0.829. The number of benzene rings is 2. The van der Waals surface area contributed by atoms with Crippen LogP contribution in [0.15, 0.2) is 42.5 Å². The molecule has 2 rings (SSSR count). The Hall–Kier alpha value is -2.24. The molecule has 5 nitrogen and oxygen atoms in total. The SMILES string of the molecule is Cc1ccc(NC(=O)CN(C)C(=O)COc2ccc(Cl)c(Cl)c2)cc1. The third-order valence-electron chi connectivity index (χ3n) is 3.40. The molecule has 0 aliphatic rings. The maximum absolute atomic E-state index is 12.1. The molecule has 2 aromatic rings. The van der Waals surface area contributed by atoms with E-state index in [-0.39, 0.29) is 25.0 Å². The zero-order chi connectivity index (χ0) is 18.4. The summed E-state index contributed by atoms with van der Waals surface area (Å²) in [4.78, 5) is 25.3. The van der Waals surface area contributed by atoms with Crippen LogP contribution in [0.3, 0.4) is 0 Å². The number of nitrogens with zero attached hydrogens (tertiary/aromatic N) is 1. The van der Waals surface area contributed by atoms with E-state index < -0.39 is 0 Å². The van der Waals surface area contributed by atoms with Crippen LogP contribution in [0.25, 0.3) is 0 Å². The Morgan fingerprint density at radius 2 is 1.76 bits per heavy atom. The van der Waals surface area contributed by atoms with E-state index in [1.165, 1.54) is 18.0 Å². The van der Waals surface area contributed by atoms with Crippen LogP contribution >= 0.6 is 23.2 Å². The van der Waals surface area contributed by atoms with Crippen LogP contribution < -0.4 is 10.1 Å². The fraction of sp³-hybridized carbons (Fsp3) is 0.222. The lowest BCUT2D eigenvalue weighted by Gasteiger charge is -2.17. The lowest BCUT2D eigenvalue weighted by Crippen LogP contribution is -2.37. The van der Waals surface area contributed by atoms with Gasteiger partial charge in [0.05, 0.1) is 16.6 Å². The number of rotatable bonds is 6. The smallest absolute Gasteiger partial charge is 0.260 e. The minimum Gasteiger partial charge on any atom is -0.484 e. The number of hydrogen-bond donors (Lipinski definition) is 1. The van der Waals surface area contributed by atoms with Crippen LogP contribution in [-0.4, -0.2) is 36.9 Å². The predicted octanol–water partition coefficient (Wildman–Crippen LogP) is 3.78. The van der Waals surface area contributed by atoms with Crippen LogP contribution in [0.5, 0.6) is 5.75 Å². The maximum atomic E-state index is 12.1. The molecule has 0 saturated heterocycles. The first-order chi connectivity index (χ1) is 11.8. The average molecular weight is 381 g/mol. The van der Waals surface area contributed by atoms with Gasteiger partial charge in [0.15, 0.2) is 6.61 Å². The molecule has 2 amide bonds. The molecule has 0 aliphatic carbocycles. The largest absolute Gasteiger partial charge is 0.484 e. The Bertz CT molecular complexity index is 763. The number of ether oxygens (including phenoxy) is 1. The molecule has 1 N–H and O–H groups in total. The first kappa shape index (κ1) is 19.1. The molecule has 0 aromatic heterocycles. The van der Waals surface area contributed by atoms with Gasteiger partial charge < -0.3 is 15.0 Å². The van der Waals surface area contributed by atoms with E-state index in [0.717, 1.165) is 5.56 Å². The van der Waals surface area contributed by atoms with Gasteiger partial charge in [-0.2, -0.15) is 0 Å². The van der Waals surface area contributed by atoms with Crippen molar-refractivity contribution in [3.8, 4) is 5.75 Å². The number of halogens is 2. The van der Waals surface area contributed by atoms with E-state index in [1.807, 2.05) is 31.2 Å². The second-order valence-corrected chi connectivity index (χ2v) is 6.34. The van der Waals surface area contributed by atoms with Crippen molar-refractivity contribution in [2.24, 2.45) is 0 Å². The molecule has 0 aliphatic heterocycles. The molecule has 0 unspecified atom stereocenters. The van der Waals surface area contributed by atoms with Gasteiger partial charge in [-0.1, -0.05) is 40.9 Å². The lowest BCUT2D eigenvalue weighted by atomic mass is 10.2. The zero-order valence-corrected chi connectivity index (χ0v) is 15.4. The summed E-state index contributed by atoms with van der Waals surface area (Å²) in [5.41, 5.74) is 1.79. The summed E-state index contributed by atoms with van der Waals surface area (Å²) in [6.45, 7) is 1.69. The minimum absolute atomic E-state index is 0.0720. The van der Waals surface area contributed by atoms with Gasteiger partial charge >= 0.3 is 0 Å². The molecule has 0 saturated carbocycles. The van der Waals surface area contributed by atoms with Crippen molar-refractivity contribution in [3.05, 3.63) is 58.1 Å². The highest BCUT2D eigenvalue weighted by molar-refractivity contribution is 6.42. The molecule has 132 valence electrons. The van der Waals surface area contributed by atoms with Crippen LogP contribution in [0.2, 0.25) is 10.0 Å². The van der Waals surface area contributed by atoms with E-state index in [1.54, 1.807) is 12.1 Å². The fourth-order valence-corrected chi connectivity index (χ4v) is 2.25. The summed E-state index contributed by atoms with van der Waals surface area (Å²) in [6.07, 6.45) is 0. The predicted molar refractivity (Wildman–Crippen MR) is 99.4 cm³/mol. The molecule has 2 aromatic carbocycles. The van der Waals surface area contributed by atoms with Gasteiger partial charge in [-0.15, -0.1) is 0 Å². The Morgan fingerprint density at radius 3 is 2.40 bits per heavy atom. The van der Waals surface area contributed by atoms with Crippen molar-refractivity contribution in [1.82, 2.24) is 4.90 Å². The number of carbonyl (C=O) groups excluding carboxylic acids is 2. The highest BCUT2D eigenvalue weighted by Crippen LogP contribution is 2.26. The van der Waals surface area contributed by atoms with Gasteiger partial charge in [0.25, 0.3) is 5.91 Å². The van der Waals surface area contributed by atoms with Gasteiger partial charge in [0, 0.05) is 18.8 Å². The van der Waals surface area contributed by atoms with Crippen molar-refractivity contribution in [1.29, 1.82) is 0 Å². The molecule has 0 bridgehead atoms. The molecule has 0 spiro atoms. The number of amides is 2. The summed E-state index contributed by atoms with van der Waals surface area (Å²) >= 11 is 11.7. The Kier molecular flexibility index (Phi) is 6.67. The zero-order valence-electron chi connectivity index (χ0n) is 13.9. The lowest BCUT2D eigenvalue weighted by molar-refractivity contribution is -0.135. The van der Waals surface area contributed by atoms with Crippen LogP contribution in [0, 0.1) is 6.92 Å². The van der Waals surface area contributed by atoms with Gasteiger partial charge in [0.1, 0.15) is 5.75 Å². The second kappa shape index (κ2) is 8.74. The van der Waals surface area contributed by atoms with Crippen molar-refractivity contribution in [3.63, 3.8) is 0 Å². The molecule has 0 fully saturated rings. The summed E-state index contributed by atoms with van der Waals surface area (Å²) < 4.78 is 5.37. The van der Waals surface area contributed by atoms with Crippen LogP contribution in [0.4, 0.5) is 5.69 Å². The van der Waals surface area contributed by atoms with Gasteiger partial charge in [-0.3, -0.25) is 9.59 Å². The van der Waals surface area contributed by atoms with Crippen molar-refractivity contribution < 1.29 is 14.3 Å². The normalized spacial score (nSPS) is 10.2. The first-order valence-electron chi connectivity index (χ1n) is 7.53. The van der Waals surface area contributed by atoms with E-state index in [2.05, 4.69) is 5.32 Å². The van der Waals surface area contributed by atoms with Crippen molar-refractivity contribution in [2.75, 3.05) is 25.5 Å². The van der Waals surface area contributed by atoms with Gasteiger partial charge in [-0.25, -0.2) is 0 Å². The molecule has 0 radical (unpaired) electrons.